The molecule has 2 amide bonds. The van der Waals surface area contributed by atoms with Gasteiger partial charge in [-0.05, 0) is 36.6 Å². The molecule has 0 spiro atoms. The van der Waals surface area contributed by atoms with E-state index >= 15 is 0 Å². The lowest BCUT2D eigenvalue weighted by molar-refractivity contribution is 0.250. The largest absolute Gasteiger partial charge is 0.497 e. The van der Waals surface area contributed by atoms with Gasteiger partial charge in [-0.1, -0.05) is 0 Å². The minimum Gasteiger partial charge on any atom is -0.497 e. The molecule has 28 heavy (non-hydrogen) atoms. The fourth-order valence-electron chi connectivity index (χ4n) is 3.30. The maximum Gasteiger partial charge on any atom is 0.319 e. The first-order chi connectivity index (χ1) is 13.6. The average Bonchev–Trinajstić information content (AvgIpc) is 3.21. The number of rotatable bonds is 7. The monoisotopic (exact) mass is 385 g/mol. The number of urea groups is 1. The summed E-state index contributed by atoms with van der Waals surface area (Å²) in [7, 11) is 4.91. The summed E-state index contributed by atoms with van der Waals surface area (Å²) in [6.07, 6.45) is 1.02. The third-order valence-electron chi connectivity index (χ3n) is 4.89. The molecular formula is C21H27N3O4. The molecule has 0 bridgehead atoms. The van der Waals surface area contributed by atoms with Gasteiger partial charge in [0.2, 0.25) is 0 Å². The van der Waals surface area contributed by atoms with Crippen molar-refractivity contribution in [2.45, 2.75) is 6.42 Å². The van der Waals surface area contributed by atoms with Crippen molar-refractivity contribution in [1.29, 1.82) is 0 Å². The number of benzene rings is 2. The molecule has 0 radical (unpaired) electrons. The fraction of sp³-hybridized carbons (Fsp3) is 0.381. The van der Waals surface area contributed by atoms with Crippen LogP contribution in [0, 0.1) is 5.92 Å². The molecule has 1 fully saturated rings. The van der Waals surface area contributed by atoms with Crippen LogP contribution in [0.5, 0.6) is 17.2 Å². The molecule has 2 aromatic carbocycles. The Bertz CT molecular complexity index is 772. The van der Waals surface area contributed by atoms with Gasteiger partial charge in [0.15, 0.2) is 0 Å². The quantitative estimate of drug-likeness (QED) is 0.765. The molecule has 1 saturated heterocycles. The molecule has 0 unspecified atom stereocenters. The molecule has 3 rings (SSSR count). The SMILES string of the molecule is COc1ccc(NC(=O)NC[C@H]2CCN(c3cc(OC)cc(OC)c3)C2)cc1. The molecule has 0 saturated carbocycles. The van der Waals surface area contributed by atoms with E-state index < -0.39 is 0 Å². The standard InChI is InChI=1S/C21H27N3O4/c1-26-18-6-4-16(5-7-18)23-21(25)22-13-15-8-9-24(14-15)17-10-19(27-2)12-20(11-17)28-3/h4-7,10-12,15H,8-9,13-14H2,1-3H3,(H2,22,23,25)/t15-/m1/s1. The Hall–Kier alpha value is -3.09. The summed E-state index contributed by atoms with van der Waals surface area (Å²) in [4.78, 5) is 14.4. The predicted molar refractivity (Wildman–Crippen MR) is 110 cm³/mol. The fourth-order valence-corrected chi connectivity index (χ4v) is 3.30. The van der Waals surface area contributed by atoms with Crippen molar-refractivity contribution < 1.29 is 19.0 Å². The predicted octanol–water partition coefficient (Wildman–Crippen LogP) is 3.36. The van der Waals surface area contributed by atoms with Crippen molar-refractivity contribution in [3.8, 4) is 17.2 Å². The maximum atomic E-state index is 12.1. The van der Waals surface area contributed by atoms with E-state index in [-0.39, 0.29) is 6.03 Å². The first kappa shape index (κ1) is 19.7. The Labute approximate surface area is 165 Å². The first-order valence-electron chi connectivity index (χ1n) is 9.28. The number of ether oxygens (including phenoxy) is 3. The van der Waals surface area contributed by atoms with Gasteiger partial charge in [0.05, 0.1) is 21.3 Å². The second-order valence-electron chi connectivity index (χ2n) is 6.74. The number of carbonyl (C=O) groups excluding carboxylic acids is 1. The highest BCUT2D eigenvalue weighted by Crippen LogP contribution is 2.31. The van der Waals surface area contributed by atoms with E-state index in [0.29, 0.717) is 12.5 Å². The zero-order chi connectivity index (χ0) is 19.9. The number of anilines is 2. The number of nitrogens with zero attached hydrogens (tertiary/aromatic N) is 1. The highest BCUT2D eigenvalue weighted by molar-refractivity contribution is 5.89. The Morgan fingerprint density at radius 2 is 1.64 bits per heavy atom. The van der Waals surface area contributed by atoms with Crippen LogP contribution in [0.25, 0.3) is 0 Å². The lowest BCUT2D eigenvalue weighted by atomic mass is 10.1. The second-order valence-corrected chi connectivity index (χ2v) is 6.74. The minimum absolute atomic E-state index is 0.202. The molecule has 2 aromatic rings. The molecule has 1 aliphatic heterocycles. The van der Waals surface area contributed by atoms with Crippen molar-refractivity contribution in [1.82, 2.24) is 5.32 Å². The number of carbonyl (C=O) groups is 1. The third kappa shape index (κ3) is 5.00. The summed E-state index contributed by atoms with van der Waals surface area (Å²) in [5.74, 6) is 2.69. The molecule has 2 N–H and O–H groups in total. The van der Waals surface area contributed by atoms with Crippen LogP contribution in [0.15, 0.2) is 42.5 Å². The van der Waals surface area contributed by atoms with E-state index in [9.17, 15) is 4.79 Å². The molecule has 7 nitrogen and oxygen atoms in total. The molecule has 1 aliphatic rings. The van der Waals surface area contributed by atoms with Crippen LogP contribution in [-0.2, 0) is 0 Å². The number of amides is 2. The van der Waals surface area contributed by atoms with Crippen LogP contribution in [0.1, 0.15) is 6.42 Å². The number of hydrogen-bond donors (Lipinski definition) is 2. The van der Waals surface area contributed by atoms with Crippen LogP contribution in [0.3, 0.4) is 0 Å². The van der Waals surface area contributed by atoms with Gasteiger partial charge in [-0.15, -0.1) is 0 Å². The van der Waals surface area contributed by atoms with Crippen LogP contribution in [0.2, 0.25) is 0 Å². The van der Waals surface area contributed by atoms with Crippen molar-refractivity contribution in [3.63, 3.8) is 0 Å². The summed E-state index contributed by atoms with van der Waals surface area (Å²) in [5.41, 5.74) is 1.80. The van der Waals surface area contributed by atoms with Crippen LogP contribution in [0.4, 0.5) is 16.2 Å². The van der Waals surface area contributed by atoms with E-state index in [2.05, 4.69) is 15.5 Å². The Balaban J connectivity index is 1.50. The van der Waals surface area contributed by atoms with Gasteiger partial charge in [-0.3, -0.25) is 0 Å². The zero-order valence-electron chi connectivity index (χ0n) is 16.5. The topological polar surface area (TPSA) is 72.1 Å². The van der Waals surface area contributed by atoms with E-state index in [1.165, 1.54) is 0 Å². The van der Waals surface area contributed by atoms with E-state index in [1.807, 2.05) is 42.5 Å². The number of hydrogen-bond acceptors (Lipinski definition) is 5. The minimum atomic E-state index is -0.202. The second kappa shape index (κ2) is 9.21. The summed E-state index contributed by atoms with van der Waals surface area (Å²) in [6, 6.07) is 12.9. The lowest BCUT2D eigenvalue weighted by Crippen LogP contribution is -2.34. The van der Waals surface area contributed by atoms with Crippen molar-refractivity contribution >= 4 is 17.4 Å². The van der Waals surface area contributed by atoms with E-state index in [0.717, 1.165) is 48.1 Å². The maximum absolute atomic E-state index is 12.1. The highest BCUT2D eigenvalue weighted by atomic mass is 16.5. The molecule has 0 aromatic heterocycles. The normalized spacial score (nSPS) is 15.8. The van der Waals surface area contributed by atoms with Gasteiger partial charge in [0.25, 0.3) is 0 Å². The smallest absolute Gasteiger partial charge is 0.319 e. The summed E-state index contributed by atoms with van der Waals surface area (Å²) in [5, 5.41) is 5.80. The molecule has 150 valence electrons. The highest BCUT2D eigenvalue weighted by Gasteiger charge is 2.24. The molecule has 1 atom stereocenters. The van der Waals surface area contributed by atoms with Crippen LogP contribution in [-0.4, -0.2) is 47.0 Å². The van der Waals surface area contributed by atoms with Crippen molar-refractivity contribution in [2.75, 3.05) is 51.2 Å². The molecule has 1 heterocycles. The van der Waals surface area contributed by atoms with Gasteiger partial charge < -0.3 is 29.7 Å². The van der Waals surface area contributed by atoms with Crippen LogP contribution >= 0.6 is 0 Å². The molecule has 0 aliphatic carbocycles. The number of nitrogens with one attached hydrogen (secondary N) is 2. The molecular weight excluding hydrogens is 358 g/mol. The van der Waals surface area contributed by atoms with Crippen molar-refractivity contribution in [3.05, 3.63) is 42.5 Å². The summed E-state index contributed by atoms with van der Waals surface area (Å²) in [6.45, 7) is 2.43. The zero-order valence-corrected chi connectivity index (χ0v) is 16.5. The van der Waals surface area contributed by atoms with Gasteiger partial charge in [0.1, 0.15) is 17.2 Å². The molecule has 7 heteroatoms. The lowest BCUT2D eigenvalue weighted by Gasteiger charge is -2.20. The van der Waals surface area contributed by atoms with Gasteiger partial charge >= 0.3 is 6.03 Å². The Morgan fingerprint density at radius 1 is 1.00 bits per heavy atom. The first-order valence-corrected chi connectivity index (χ1v) is 9.28. The Kier molecular flexibility index (Phi) is 6.47. The van der Waals surface area contributed by atoms with Gasteiger partial charge in [-0.2, -0.15) is 0 Å². The van der Waals surface area contributed by atoms with E-state index in [4.69, 9.17) is 14.2 Å². The third-order valence-corrected chi connectivity index (χ3v) is 4.89. The van der Waals surface area contributed by atoms with Gasteiger partial charge in [0, 0.05) is 49.2 Å². The van der Waals surface area contributed by atoms with E-state index in [1.54, 1.807) is 21.3 Å². The van der Waals surface area contributed by atoms with Crippen molar-refractivity contribution in [2.24, 2.45) is 5.92 Å². The number of methoxy groups -OCH3 is 3. The van der Waals surface area contributed by atoms with Crippen LogP contribution < -0.4 is 29.7 Å². The summed E-state index contributed by atoms with van der Waals surface area (Å²) < 4.78 is 15.8. The van der Waals surface area contributed by atoms with Gasteiger partial charge in [-0.25, -0.2) is 4.79 Å². The summed E-state index contributed by atoms with van der Waals surface area (Å²) >= 11 is 0. The average molecular weight is 385 g/mol. The Morgan fingerprint density at radius 3 is 2.25 bits per heavy atom.